The maximum atomic E-state index is 12.7. The zero-order valence-corrected chi connectivity index (χ0v) is 17.7. The van der Waals surface area contributed by atoms with Gasteiger partial charge >= 0.3 is 0 Å². The number of rotatable bonds is 5. The fourth-order valence-electron chi connectivity index (χ4n) is 4.22. The third-order valence-electron chi connectivity index (χ3n) is 5.56. The van der Waals surface area contributed by atoms with Crippen LogP contribution in [0, 0.1) is 0 Å². The first kappa shape index (κ1) is 19.5. The van der Waals surface area contributed by atoms with Crippen LogP contribution in [0.2, 0.25) is 5.02 Å². The van der Waals surface area contributed by atoms with Gasteiger partial charge in [0.25, 0.3) is 0 Å². The van der Waals surface area contributed by atoms with Gasteiger partial charge in [0.2, 0.25) is 0 Å². The number of nitrogens with zero attached hydrogens (tertiary/aromatic N) is 1. The Labute approximate surface area is 176 Å². The molecule has 3 aromatic rings. The second-order valence-electron chi connectivity index (χ2n) is 7.79. The number of hydrogen-bond donors (Lipinski definition) is 0. The van der Waals surface area contributed by atoms with E-state index in [4.69, 9.17) is 16.3 Å². The third-order valence-corrected chi connectivity index (χ3v) is 5.81. The molecule has 0 amide bonds. The first-order valence-electron chi connectivity index (χ1n) is 9.85. The molecule has 0 saturated carbocycles. The molecule has 0 aliphatic carbocycles. The first-order chi connectivity index (χ1) is 13.9. The van der Waals surface area contributed by atoms with Crippen LogP contribution in [0.15, 0.2) is 72.4 Å². The summed E-state index contributed by atoms with van der Waals surface area (Å²) >= 11 is 5.90. The summed E-state index contributed by atoms with van der Waals surface area (Å²) in [6, 6.07) is 19.8. The molecular weight excluding hydrogens is 382 g/mol. The van der Waals surface area contributed by atoms with Gasteiger partial charge in [-0.15, -0.1) is 0 Å². The average Bonchev–Trinajstić information content (AvgIpc) is 2.94. The van der Waals surface area contributed by atoms with Gasteiger partial charge in [-0.3, -0.25) is 4.79 Å². The van der Waals surface area contributed by atoms with Crippen molar-refractivity contribution in [1.29, 1.82) is 0 Å². The molecule has 3 aromatic carbocycles. The number of anilines is 1. The number of ketones is 1. The van der Waals surface area contributed by atoms with Crippen LogP contribution in [0.25, 0.3) is 10.8 Å². The fraction of sp³-hybridized carbons (Fsp3) is 0.240. The number of likely N-dealkylation sites (N-methyl/N-ethyl adjacent to an activating group) is 1. The van der Waals surface area contributed by atoms with Crippen molar-refractivity contribution in [3.8, 4) is 5.75 Å². The lowest BCUT2D eigenvalue weighted by Crippen LogP contribution is -2.27. The van der Waals surface area contributed by atoms with Crippen molar-refractivity contribution in [2.45, 2.75) is 26.2 Å². The minimum absolute atomic E-state index is 0.00411. The van der Waals surface area contributed by atoms with E-state index in [0.717, 1.165) is 12.2 Å². The molecule has 1 aliphatic heterocycles. The molecule has 0 fully saturated rings. The van der Waals surface area contributed by atoms with Crippen LogP contribution in [-0.2, 0) is 10.2 Å². The highest BCUT2D eigenvalue weighted by Gasteiger charge is 2.41. The van der Waals surface area contributed by atoms with E-state index in [9.17, 15) is 4.79 Å². The monoisotopic (exact) mass is 405 g/mol. The Morgan fingerprint density at radius 2 is 1.79 bits per heavy atom. The van der Waals surface area contributed by atoms with Gasteiger partial charge in [-0.1, -0.05) is 55.8 Å². The van der Waals surface area contributed by atoms with E-state index in [-0.39, 0.29) is 17.8 Å². The largest absolute Gasteiger partial charge is 0.485 e. The van der Waals surface area contributed by atoms with Crippen LogP contribution >= 0.6 is 11.6 Å². The highest BCUT2D eigenvalue weighted by atomic mass is 35.5. The van der Waals surface area contributed by atoms with Crippen molar-refractivity contribution in [3.05, 3.63) is 83.0 Å². The predicted molar refractivity (Wildman–Crippen MR) is 120 cm³/mol. The second kappa shape index (κ2) is 7.57. The van der Waals surface area contributed by atoms with Crippen molar-refractivity contribution in [1.82, 2.24) is 0 Å². The molecule has 0 atom stereocenters. The minimum Gasteiger partial charge on any atom is -0.485 e. The van der Waals surface area contributed by atoms with Crippen LogP contribution in [-0.4, -0.2) is 18.9 Å². The first-order valence-corrected chi connectivity index (χ1v) is 10.2. The summed E-state index contributed by atoms with van der Waals surface area (Å²) in [5.74, 6) is 0.576. The zero-order valence-electron chi connectivity index (χ0n) is 16.9. The van der Waals surface area contributed by atoms with Gasteiger partial charge in [-0.05, 0) is 53.6 Å². The lowest BCUT2D eigenvalue weighted by Gasteiger charge is -2.26. The number of carbonyl (C=O) groups excluding carboxylic acids is 1. The van der Waals surface area contributed by atoms with E-state index >= 15 is 0 Å². The maximum Gasteiger partial charge on any atom is 0.194 e. The number of fused-ring (bicyclic) bond motifs is 3. The Bertz CT molecular complexity index is 1100. The summed E-state index contributed by atoms with van der Waals surface area (Å²) in [6.45, 7) is 7.28. The number of halogens is 1. The summed E-state index contributed by atoms with van der Waals surface area (Å²) < 4.78 is 5.65. The molecule has 1 aliphatic rings. The smallest absolute Gasteiger partial charge is 0.194 e. The number of hydrogen-bond acceptors (Lipinski definition) is 3. The van der Waals surface area contributed by atoms with Gasteiger partial charge in [-0.25, -0.2) is 0 Å². The lowest BCUT2D eigenvalue weighted by atomic mass is 9.81. The zero-order chi connectivity index (χ0) is 20.6. The number of benzene rings is 3. The fourth-order valence-corrected chi connectivity index (χ4v) is 4.34. The van der Waals surface area contributed by atoms with Crippen molar-refractivity contribution in [2.75, 3.05) is 18.1 Å². The summed E-state index contributed by atoms with van der Waals surface area (Å²) in [7, 11) is 0. The molecule has 148 valence electrons. The van der Waals surface area contributed by atoms with E-state index < -0.39 is 0 Å². The third kappa shape index (κ3) is 3.51. The standard InChI is InChI=1S/C25H24ClNO2/c1-4-27-22-14-9-17-7-5-6-8-21(17)24(22)25(2,3)23(27)15-19(28)16-29-20-12-10-18(26)11-13-20/h5-15H,4,16H2,1-3H3/b23-15+. The van der Waals surface area contributed by atoms with Gasteiger partial charge in [0.15, 0.2) is 12.4 Å². The van der Waals surface area contributed by atoms with Crippen molar-refractivity contribution < 1.29 is 9.53 Å². The molecular formula is C25H24ClNO2. The Morgan fingerprint density at radius 1 is 1.07 bits per heavy atom. The molecule has 0 N–H and O–H groups in total. The van der Waals surface area contributed by atoms with E-state index in [1.807, 2.05) is 0 Å². The van der Waals surface area contributed by atoms with E-state index in [1.165, 1.54) is 22.0 Å². The summed E-state index contributed by atoms with van der Waals surface area (Å²) in [4.78, 5) is 15.0. The second-order valence-corrected chi connectivity index (χ2v) is 8.23. The van der Waals surface area contributed by atoms with Crippen LogP contribution in [0.1, 0.15) is 26.3 Å². The summed E-state index contributed by atoms with van der Waals surface area (Å²) in [5, 5.41) is 3.10. The molecule has 0 aromatic heterocycles. The molecule has 0 bridgehead atoms. The van der Waals surface area contributed by atoms with Gasteiger partial charge in [0.05, 0.1) is 0 Å². The topological polar surface area (TPSA) is 29.5 Å². The maximum absolute atomic E-state index is 12.7. The van der Waals surface area contributed by atoms with Crippen molar-refractivity contribution >= 4 is 33.8 Å². The predicted octanol–water partition coefficient (Wildman–Crippen LogP) is 6.14. The normalized spacial score (nSPS) is 16.3. The number of carbonyl (C=O) groups is 1. The molecule has 0 unspecified atom stereocenters. The van der Waals surface area contributed by atoms with Gasteiger partial charge < -0.3 is 9.64 Å². The van der Waals surface area contributed by atoms with Gasteiger partial charge in [0, 0.05) is 34.4 Å². The van der Waals surface area contributed by atoms with E-state index in [0.29, 0.717) is 10.8 Å². The molecule has 0 radical (unpaired) electrons. The molecule has 0 spiro atoms. The van der Waals surface area contributed by atoms with E-state index in [2.05, 4.69) is 62.1 Å². The van der Waals surface area contributed by atoms with Crippen molar-refractivity contribution in [3.63, 3.8) is 0 Å². The highest BCUT2D eigenvalue weighted by Crippen LogP contribution is 2.50. The van der Waals surface area contributed by atoms with Gasteiger partial charge in [-0.2, -0.15) is 0 Å². The molecule has 3 nitrogen and oxygen atoms in total. The number of allylic oxidation sites excluding steroid dienone is 1. The Kier molecular flexibility index (Phi) is 5.10. The van der Waals surface area contributed by atoms with Crippen LogP contribution in [0.3, 0.4) is 0 Å². The summed E-state index contributed by atoms with van der Waals surface area (Å²) in [6.07, 6.45) is 1.74. The van der Waals surface area contributed by atoms with Crippen molar-refractivity contribution in [2.24, 2.45) is 0 Å². The lowest BCUT2D eigenvalue weighted by molar-refractivity contribution is -0.116. The minimum atomic E-state index is -0.276. The molecule has 1 heterocycles. The molecule has 29 heavy (non-hydrogen) atoms. The Morgan fingerprint density at radius 3 is 2.52 bits per heavy atom. The SMILES string of the molecule is CCN1/C(=C/C(=O)COc2ccc(Cl)cc2)C(C)(C)c2c1ccc1ccccc21. The van der Waals surface area contributed by atoms with Crippen LogP contribution in [0.4, 0.5) is 5.69 Å². The molecule has 4 heteroatoms. The Hall–Kier alpha value is -2.78. The average molecular weight is 406 g/mol. The molecule has 4 rings (SSSR count). The van der Waals surface area contributed by atoms with Crippen LogP contribution in [0.5, 0.6) is 5.75 Å². The number of ether oxygens (including phenoxy) is 1. The van der Waals surface area contributed by atoms with Crippen LogP contribution < -0.4 is 9.64 Å². The quantitative estimate of drug-likeness (QED) is 0.477. The summed E-state index contributed by atoms with van der Waals surface area (Å²) in [5.41, 5.74) is 3.18. The van der Waals surface area contributed by atoms with Gasteiger partial charge in [0.1, 0.15) is 5.75 Å². The molecule has 0 saturated heterocycles. The Balaban J connectivity index is 1.66. The highest BCUT2D eigenvalue weighted by molar-refractivity contribution is 6.30. The van der Waals surface area contributed by atoms with E-state index in [1.54, 1.807) is 30.3 Å².